The molecule has 2 rings (SSSR count). The van der Waals surface area contributed by atoms with Crippen LogP contribution in [0.4, 0.5) is 0 Å². The zero-order chi connectivity index (χ0) is 12.3. The van der Waals surface area contributed by atoms with Crippen molar-refractivity contribution in [2.24, 2.45) is 0 Å². The van der Waals surface area contributed by atoms with E-state index in [2.05, 4.69) is 9.88 Å². The number of nitrogens with zero attached hydrogens (tertiary/aromatic N) is 1. The first-order valence-electron chi connectivity index (χ1n) is 5.98. The van der Waals surface area contributed by atoms with Crippen LogP contribution in [0.5, 0.6) is 0 Å². The fourth-order valence-corrected chi connectivity index (χ4v) is 3.75. The van der Waals surface area contributed by atoms with Gasteiger partial charge in [-0.25, -0.2) is 13.1 Å². The van der Waals surface area contributed by atoms with E-state index in [4.69, 9.17) is 4.52 Å². The third-order valence-electron chi connectivity index (χ3n) is 3.10. The third kappa shape index (κ3) is 3.29. The highest BCUT2D eigenvalue weighted by atomic mass is 32.2. The Morgan fingerprint density at radius 3 is 2.76 bits per heavy atom. The minimum Gasteiger partial charge on any atom is -0.361 e. The first kappa shape index (κ1) is 12.6. The van der Waals surface area contributed by atoms with E-state index in [1.54, 1.807) is 0 Å². The van der Waals surface area contributed by atoms with Gasteiger partial charge in [0, 0.05) is 19.0 Å². The molecule has 1 aromatic heterocycles. The average molecular weight is 258 g/mol. The number of hydrogen-bond donors (Lipinski definition) is 1. The summed E-state index contributed by atoms with van der Waals surface area (Å²) < 4.78 is 31.3. The molecule has 0 bridgehead atoms. The molecule has 0 spiro atoms. The number of aromatic nitrogens is 1. The van der Waals surface area contributed by atoms with Gasteiger partial charge >= 0.3 is 0 Å². The molecule has 0 unspecified atom stereocenters. The first-order valence-corrected chi connectivity index (χ1v) is 7.53. The van der Waals surface area contributed by atoms with Crippen molar-refractivity contribution in [2.75, 3.05) is 6.54 Å². The van der Waals surface area contributed by atoms with E-state index < -0.39 is 10.0 Å². The van der Waals surface area contributed by atoms with Crippen molar-refractivity contribution in [2.45, 2.75) is 44.3 Å². The zero-order valence-corrected chi connectivity index (χ0v) is 10.8. The lowest BCUT2D eigenvalue weighted by atomic mass is 10.3. The summed E-state index contributed by atoms with van der Waals surface area (Å²) in [7, 11) is -3.13. The SMILES string of the molecule is Cc1cc(CCNS(=O)(=O)C2CCCC2)no1. The second-order valence-electron chi connectivity index (χ2n) is 4.52. The molecule has 17 heavy (non-hydrogen) atoms. The van der Waals surface area contributed by atoms with Gasteiger partial charge in [-0.1, -0.05) is 18.0 Å². The summed E-state index contributed by atoms with van der Waals surface area (Å²) in [6.45, 7) is 2.21. The van der Waals surface area contributed by atoms with Crippen molar-refractivity contribution in [3.05, 3.63) is 17.5 Å². The van der Waals surface area contributed by atoms with E-state index in [0.29, 0.717) is 13.0 Å². The number of sulfonamides is 1. The standard InChI is InChI=1S/C11H18N2O3S/c1-9-8-10(13-16-9)6-7-12-17(14,15)11-4-2-3-5-11/h8,11-12H,2-7H2,1H3. The summed E-state index contributed by atoms with van der Waals surface area (Å²) >= 11 is 0. The summed E-state index contributed by atoms with van der Waals surface area (Å²) in [6, 6.07) is 1.82. The number of aryl methyl sites for hydroxylation is 1. The van der Waals surface area contributed by atoms with E-state index in [-0.39, 0.29) is 5.25 Å². The molecule has 0 radical (unpaired) electrons. The van der Waals surface area contributed by atoms with Crippen LogP contribution in [0.25, 0.3) is 0 Å². The minimum atomic E-state index is -3.13. The molecule has 96 valence electrons. The maximum Gasteiger partial charge on any atom is 0.214 e. The van der Waals surface area contributed by atoms with Crippen LogP contribution in [0.15, 0.2) is 10.6 Å². The lowest BCUT2D eigenvalue weighted by Gasteiger charge is -2.11. The van der Waals surface area contributed by atoms with Gasteiger partial charge in [-0.15, -0.1) is 0 Å². The van der Waals surface area contributed by atoms with Crippen LogP contribution in [-0.2, 0) is 16.4 Å². The lowest BCUT2D eigenvalue weighted by molar-refractivity contribution is 0.390. The molecule has 0 aliphatic heterocycles. The molecular formula is C11H18N2O3S. The smallest absolute Gasteiger partial charge is 0.214 e. The summed E-state index contributed by atoms with van der Waals surface area (Å²) in [5.41, 5.74) is 0.789. The molecule has 6 heteroatoms. The van der Waals surface area contributed by atoms with Gasteiger partial charge in [-0.2, -0.15) is 0 Å². The van der Waals surface area contributed by atoms with Crippen LogP contribution >= 0.6 is 0 Å². The van der Waals surface area contributed by atoms with Crippen molar-refractivity contribution in [1.29, 1.82) is 0 Å². The van der Waals surface area contributed by atoms with Crippen LogP contribution in [0.1, 0.15) is 37.1 Å². The van der Waals surface area contributed by atoms with E-state index in [0.717, 1.165) is 37.1 Å². The molecule has 0 atom stereocenters. The van der Waals surface area contributed by atoms with E-state index in [1.807, 2.05) is 13.0 Å². The molecule has 0 aromatic carbocycles. The van der Waals surface area contributed by atoms with Gasteiger partial charge in [0.2, 0.25) is 10.0 Å². The highest BCUT2D eigenvalue weighted by Crippen LogP contribution is 2.23. The molecule has 1 aliphatic carbocycles. The van der Waals surface area contributed by atoms with Gasteiger partial charge in [-0.3, -0.25) is 0 Å². The van der Waals surface area contributed by atoms with Gasteiger partial charge in [0.1, 0.15) is 5.76 Å². The third-order valence-corrected chi connectivity index (χ3v) is 5.06. The summed E-state index contributed by atoms with van der Waals surface area (Å²) in [6.07, 6.45) is 4.20. The van der Waals surface area contributed by atoms with E-state index in [9.17, 15) is 8.42 Å². The average Bonchev–Trinajstić information content (AvgIpc) is 2.89. The Kier molecular flexibility index (Phi) is 3.83. The number of rotatable bonds is 5. The van der Waals surface area contributed by atoms with Gasteiger partial charge < -0.3 is 4.52 Å². The number of hydrogen-bond acceptors (Lipinski definition) is 4. The predicted molar refractivity (Wildman–Crippen MR) is 64.1 cm³/mol. The lowest BCUT2D eigenvalue weighted by Crippen LogP contribution is -2.34. The van der Waals surface area contributed by atoms with Crippen LogP contribution in [0, 0.1) is 6.92 Å². The van der Waals surface area contributed by atoms with Crippen molar-refractivity contribution >= 4 is 10.0 Å². The van der Waals surface area contributed by atoms with Crippen LogP contribution in [0.3, 0.4) is 0 Å². The van der Waals surface area contributed by atoms with Gasteiger partial charge in [0.15, 0.2) is 0 Å². The fourth-order valence-electron chi connectivity index (χ4n) is 2.17. The fraction of sp³-hybridized carbons (Fsp3) is 0.727. The van der Waals surface area contributed by atoms with Crippen LogP contribution in [-0.4, -0.2) is 25.4 Å². The molecule has 1 N–H and O–H groups in total. The topological polar surface area (TPSA) is 72.2 Å². The first-order chi connectivity index (χ1) is 8.08. The molecule has 0 amide bonds. The van der Waals surface area contributed by atoms with Crippen molar-refractivity contribution in [1.82, 2.24) is 9.88 Å². The maximum absolute atomic E-state index is 11.9. The van der Waals surface area contributed by atoms with Gasteiger partial charge in [0.25, 0.3) is 0 Å². The molecule has 1 aromatic rings. The molecule has 0 saturated heterocycles. The highest BCUT2D eigenvalue weighted by Gasteiger charge is 2.27. The quantitative estimate of drug-likeness (QED) is 0.866. The normalized spacial score (nSPS) is 17.7. The molecular weight excluding hydrogens is 240 g/mol. The Balaban J connectivity index is 1.81. The monoisotopic (exact) mass is 258 g/mol. The predicted octanol–water partition coefficient (Wildman–Crippen LogP) is 1.39. The van der Waals surface area contributed by atoms with Crippen molar-refractivity contribution in [3.8, 4) is 0 Å². The Bertz CT molecular complexity index is 461. The molecule has 1 saturated carbocycles. The Hall–Kier alpha value is -0.880. The maximum atomic E-state index is 11.9. The minimum absolute atomic E-state index is 0.193. The van der Waals surface area contributed by atoms with Crippen molar-refractivity contribution in [3.63, 3.8) is 0 Å². The second-order valence-corrected chi connectivity index (χ2v) is 6.57. The Morgan fingerprint density at radius 1 is 1.47 bits per heavy atom. The molecule has 1 fully saturated rings. The summed E-state index contributed by atoms with van der Waals surface area (Å²) in [5, 5.41) is 3.63. The van der Waals surface area contributed by atoms with Crippen LogP contribution in [0.2, 0.25) is 0 Å². The summed E-state index contributed by atoms with van der Waals surface area (Å²) in [4.78, 5) is 0. The highest BCUT2D eigenvalue weighted by molar-refractivity contribution is 7.90. The molecule has 1 aliphatic rings. The summed E-state index contributed by atoms with van der Waals surface area (Å²) in [5.74, 6) is 0.749. The zero-order valence-electron chi connectivity index (χ0n) is 9.98. The van der Waals surface area contributed by atoms with Crippen LogP contribution < -0.4 is 4.72 Å². The largest absolute Gasteiger partial charge is 0.361 e. The molecule has 1 heterocycles. The van der Waals surface area contributed by atoms with E-state index >= 15 is 0 Å². The molecule has 5 nitrogen and oxygen atoms in total. The van der Waals surface area contributed by atoms with Crippen molar-refractivity contribution < 1.29 is 12.9 Å². The van der Waals surface area contributed by atoms with E-state index in [1.165, 1.54) is 0 Å². The van der Waals surface area contributed by atoms with Gasteiger partial charge in [0.05, 0.1) is 10.9 Å². The van der Waals surface area contributed by atoms with Gasteiger partial charge in [-0.05, 0) is 19.8 Å². The second kappa shape index (κ2) is 5.18. The number of nitrogens with one attached hydrogen (secondary N) is 1. The Labute approximate surface area is 102 Å². The Morgan fingerprint density at radius 2 is 2.18 bits per heavy atom.